The molecule has 1 heterocycles. The number of alkyl halides is 3. The lowest BCUT2D eigenvalue weighted by atomic mass is 10.1. The predicted octanol–water partition coefficient (Wildman–Crippen LogP) is 5.24. The van der Waals surface area contributed by atoms with Gasteiger partial charge in [0.05, 0.1) is 22.3 Å². The fraction of sp³-hybridized carbons (Fsp3) is 0.227. The van der Waals surface area contributed by atoms with Crippen molar-refractivity contribution in [3.63, 3.8) is 0 Å². The number of para-hydroxylation sites is 1. The maximum absolute atomic E-state index is 12.7. The second-order valence-electron chi connectivity index (χ2n) is 6.40. The Labute approximate surface area is 208 Å². The molecule has 0 unspecified atom stereocenters. The zero-order valence-corrected chi connectivity index (χ0v) is 19.8. The van der Waals surface area contributed by atoms with Gasteiger partial charge < -0.3 is 14.6 Å². The quantitative estimate of drug-likeness (QED) is 0.216. The molecule has 3 N–H and O–H groups in total. The highest BCUT2D eigenvalue weighted by Crippen LogP contribution is 2.33. The van der Waals surface area contributed by atoms with Crippen LogP contribution in [0, 0.1) is 0 Å². The molecule has 0 aliphatic heterocycles. The molecular weight excluding hydrogens is 514 g/mol. The number of carbonyl (C=O) groups is 2. The van der Waals surface area contributed by atoms with Gasteiger partial charge in [-0.1, -0.05) is 41.4 Å². The lowest BCUT2D eigenvalue weighted by molar-refractivity contribution is -0.141. The number of aryl methyl sites for hydroxylation is 1. The number of carbonyl (C=O) groups excluding carboxylic acids is 2. The van der Waals surface area contributed by atoms with Crippen LogP contribution >= 0.6 is 23.2 Å². The maximum Gasteiger partial charge on any atom is 0.435 e. The number of hydrogen-bond donors (Lipinski definition) is 3. The summed E-state index contributed by atoms with van der Waals surface area (Å²) in [5, 5.41) is 20.5. The van der Waals surface area contributed by atoms with Crippen LogP contribution in [-0.4, -0.2) is 39.4 Å². The van der Waals surface area contributed by atoms with Crippen LogP contribution in [0.4, 0.5) is 13.2 Å². The highest BCUT2D eigenvalue weighted by Gasteiger charge is 2.35. The van der Waals surface area contributed by atoms with Crippen molar-refractivity contribution in [1.82, 2.24) is 15.3 Å². The molecule has 13 heteroatoms. The molecule has 1 amide bonds. The molecule has 3 rings (SSSR count). The van der Waals surface area contributed by atoms with E-state index in [4.69, 9.17) is 43.0 Å². The first kappa shape index (κ1) is 29.8. The van der Waals surface area contributed by atoms with Crippen LogP contribution in [0.15, 0.2) is 48.5 Å². The van der Waals surface area contributed by atoms with Crippen LogP contribution in [-0.2, 0) is 22.2 Å². The average Bonchev–Trinajstić information content (AvgIpc) is 3.25. The van der Waals surface area contributed by atoms with Crippen molar-refractivity contribution in [2.45, 2.75) is 25.9 Å². The molecule has 0 saturated heterocycles. The number of phenols is 1. The molecular formula is C22H22Cl2F3N3O5. The third-order valence-corrected chi connectivity index (χ3v) is 4.58. The van der Waals surface area contributed by atoms with E-state index in [0.29, 0.717) is 28.6 Å². The third kappa shape index (κ3) is 9.85. The monoisotopic (exact) mass is 535 g/mol. The summed E-state index contributed by atoms with van der Waals surface area (Å²) < 4.78 is 44.2. The molecule has 1 aromatic heterocycles. The van der Waals surface area contributed by atoms with Gasteiger partial charge in [0, 0.05) is 12.5 Å². The van der Waals surface area contributed by atoms with Gasteiger partial charge in [0.2, 0.25) is 12.3 Å². The van der Waals surface area contributed by atoms with Gasteiger partial charge >= 0.3 is 6.18 Å². The molecule has 0 aliphatic carbocycles. The van der Waals surface area contributed by atoms with Crippen molar-refractivity contribution in [1.29, 1.82) is 0 Å². The largest absolute Gasteiger partial charge is 0.506 e. The predicted molar refractivity (Wildman–Crippen MR) is 123 cm³/mol. The van der Waals surface area contributed by atoms with Crippen molar-refractivity contribution in [2.24, 2.45) is 0 Å². The Morgan fingerprint density at radius 1 is 1.11 bits per heavy atom. The first-order valence-electron chi connectivity index (χ1n) is 9.88. The Morgan fingerprint density at radius 3 is 2.29 bits per heavy atom. The summed E-state index contributed by atoms with van der Waals surface area (Å²) in [7, 11) is 0. The number of ether oxygens (including phenoxy) is 1. The molecule has 0 radical (unpaired) electrons. The number of aldehydes is 1. The van der Waals surface area contributed by atoms with E-state index in [2.05, 4.69) is 5.10 Å². The second kappa shape index (κ2) is 14.9. The summed E-state index contributed by atoms with van der Waals surface area (Å²) >= 11 is 11.6. The van der Waals surface area contributed by atoms with E-state index in [1.807, 2.05) is 0 Å². The van der Waals surface area contributed by atoms with E-state index in [0.717, 1.165) is 22.6 Å². The number of hydroxylamine groups is 1. The molecule has 0 spiro atoms. The van der Waals surface area contributed by atoms with E-state index in [1.165, 1.54) is 11.5 Å². The summed E-state index contributed by atoms with van der Waals surface area (Å²) in [6.45, 7) is 1.91. The molecule has 0 bridgehead atoms. The number of aromatic hydroxyl groups is 1. The minimum absolute atomic E-state index is 0.00271. The fourth-order valence-electron chi connectivity index (χ4n) is 2.48. The highest BCUT2D eigenvalue weighted by molar-refractivity contribution is 6.32. The first-order chi connectivity index (χ1) is 16.6. The molecule has 2 aromatic carbocycles. The zero-order valence-electron chi connectivity index (χ0n) is 18.3. The highest BCUT2D eigenvalue weighted by atomic mass is 35.5. The Hall–Kier alpha value is -3.28. The summed E-state index contributed by atoms with van der Waals surface area (Å²) in [6.07, 6.45) is -2.33. The molecule has 0 aliphatic rings. The van der Waals surface area contributed by atoms with E-state index >= 15 is 0 Å². The van der Waals surface area contributed by atoms with E-state index in [1.54, 1.807) is 43.3 Å². The van der Waals surface area contributed by atoms with Crippen LogP contribution in [0.5, 0.6) is 11.6 Å². The van der Waals surface area contributed by atoms with E-state index in [9.17, 15) is 18.0 Å². The molecule has 8 nitrogen and oxygen atoms in total. The minimum Gasteiger partial charge on any atom is -0.506 e. The molecule has 0 atom stereocenters. The van der Waals surface area contributed by atoms with Crippen molar-refractivity contribution >= 4 is 35.9 Å². The summed E-state index contributed by atoms with van der Waals surface area (Å²) in [6, 6.07) is 12.3. The molecule has 0 saturated carbocycles. The van der Waals surface area contributed by atoms with Crippen molar-refractivity contribution < 1.29 is 37.8 Å². The Balaban J connectivity index is 0.000000327. The second-order valence-corrected chi connectivity index (χ2v) is 7.21. The minimum atomic E-state index is -4.53. The summed E-state index contributed by atoms with van der Waals surface area (Å²) in [5.41, 5.74) is 1.53. The van der Waals surface area contributed by atoms with Gasteiger partial charge in [-0.15, -0.1) is 0 Å². The van der Waals surface area contributed by atoms with Crippen LogP contribution in [0.25, 0.3) is 5.69 Å². The maximum atomic E-state index is 12.7. The fourth-order valence-corrected chi connectivity index (χ4v) is 2.90. The number of nitrogens with one attached hydrogen (secondary N) is 1. The third-order valence-electron chi connectivity index (χ3n) is 3.96. The lowest BCUT2D eigenvalue weighted by Gasteiger charge is -2.08. The van der Waals surface area contributed by atoms with Gasteiger partial charge in [-0.3, -0.25) is 10.0 Å². The number of halogens is 5. The summed E-state index contributed by atoms with van der Waals surface area (Å²) in [5.74, 6) is 0.0782. The number of rotatable bonds is 7. The first-order valence-corrected chi connectivity index (χ1v) is 10.6. The summed E-state index contributed by atoms with van der Waals surface area (Å²) in [4.78, 5) is 18.9. The molecule has 3 aromatic rings. The van der Waals surface area contributed by atoms with Crippen molar-refractivity contribution in [3.05, 3.63) is 69.8 Å². The topological polar surface area (TPSA) is 114 Å². The number of benzene rings is 2. The number of aromatic nitrogens is 2. The number of phenolic OH excluding ortho intramolecular Hbond substituents is 1. The van der Waals surface area contributed by atoms with Gasteiger partial charge in [-0.2, -0.15) is 23.0 Å². The number of hydrogen-bond acceptors (Lipinski definition) is 6. The Kier molecular flexibility index (Phi) is 12.6. The van der Waals surface area contributed by atoms with Gasteiger partial charge in [0.25, 0.3) is 0 Å². The average molecular weight is 536 g/mol. The normalized spacial score (nSPS) is 10.3. The zero-order chi connectivity index (χ0) is 26.4. The van der Waals surface area contributed by atoms with E-state index < -0.39 is 11.9 Å². The number of nitrogens with zero attached hydrogens (tertiary/aromatic N) is 2. The van der Waals surface area contributed by atoms with Gasteiger partial charge in [0.1, 0.15) is 12.0 Å². The smallest absolute Gasteiger partial charge is 0.435 e. The van der Waals surface area contributed by atoms with Gasteiger partial charge in [-0.25, -0.2) is 5.48 Å². The van der Waals surface area contributed by atoms with Gasteiger partial charge in [-0.05, 0) is 43.2 Å². The standard InChI is InChI=1S/C12H10ClF3N2O.C9H9ClO2.CH3NO2/c1-2-19-11-7-10(12(14,15)16)17-18(11)9-6-4-3-5-8(9)13;10-8-6-7(2-1-5-11)3-4-9(8)12;3-1-2-4/h3-7H,2H2,1H3;3-6,12H,1-2H2;1,4H,(H,2,3). The lowest BCUT2D eigenvalue weighted by Crippen LogP contribution is -2.07. The van der Waals surface area contributed by atoms with Crippen LogP contribution in [0.2, 0.25) is 10.0 Å². The Bertz CT molecular complexity index is 1090. The van der Waals surface area contributed by atoms with Gasteiger partial charge in [0.15, 0.2) is 5.69 Å². The number of amides is 1. The van der Waals surface area contributed by atoms with E-state index in [-0.39, 0.29) is 24.6 Å². The van der Waals surface area contributed by atoms with Crippen molar-refractivity contribution in [2.75, 3.05) is 6.61 Å². The molecule has 0 fully saturated rings. The van der Waals surface area contributed by atoms with Crippen molar-refractivity contribution in [3.8, 4) is 17.3 Å². The van der Waals surface area contributed by atoms with Crippen LogP contribution < -0.4 is 10.2 Å². The van der Waals surface area contributed by atoms with Crippen LogP contribution in [0.1, 0.15) is 24.6 Å². The SMILES string of the molecule is CCOc1cc(C(F)(F)F)nn1-c1ccccc1Cl.O=CCCc1ccc(O)c(Cl)c1.O=CNO. The Morgan fingerprint density at radius 2 is 1.77 bits per heavy atom. The molecule has 35 heavy (non-hydrogen) atoms. The van der Waals surface area contributed by atoms with Crippen LogP contribution in [0.3, 0.4) is 0 Å². The molecule has 190 valence electrons.